The van der Waals surface area contributed by atoms with Crippen LogP contribution >= 0.6 is 11.3 Å². The lowest BCUT2D eigenvalue weighted by Gasteiger charge is -2.16. The summed E-state index contributed by atoms with van der Waals surface area (Å²) in [5, 5.41) is 2.17. The first-order chi connectivity index (χ1) is 7.75. The van der Waals surface area contributed by atoms with Crippen LogP contribution in [0.5, 0.6) is 0 Å². The minimum atomic E-state index is 1.01. The molecule has 0 unspecified atom stereocenters. The molecule has 0 aliphatic heterocycles. The Labute approximate surface area is 101 Å². The van der Waals surface area contributed by atoms with Crippen LogP contribution in [0, 0.1) is 6.92 Å². The Balaban J connectivity index is 1.95. The third kappa shape index (κ3) is 2.94. The van der Waals surface area contributed by atoms with Gasteiger partial charge in [-0.2, -0.15) is 0 Å². The zero-order valence-corrected chi connectivity index (χ0v) is 10.6. The third-order valence-electron chi connectivity index (χ3n) is 2.68. The zero-order chi connectivity index (χ0) is 11.4. The van der Waals surface area contributed by atoms with E-state index >= 15 is 0 Å². The van der Waals surface area contributed by atoms with E-state index < -0.39 is 0 Å². The average molecular weight is 231 g/mol. The molecule has 1 aromatic heterocycles. The molecule has 16 heavy (non-hydrogen) atoms. The predicted molar refractivity (Wildman–Crippen MR) is 70.7 cm³/mol. The summed E-state index contributed by atoms with van der Waals surface area (Å²) in [7, 11) is 2.17. The first kappa shape index (κ1) is 11.4. The van der Waals surface area contributed by atoms with Gasteiger partial charge in [-0.15, -0.1) is 11.3 Å². The highest BCUT2D eigenvalue weighted by Crippen LogP contribution is 2.18. The first-order valence-corrected chi connectivity index (χ1v) is 6.39. The Kier molecular flexibility index (Phi) is 3.75. The van der Waals surface area contributed by atoms with Crippen molar-refractivity contribution in [2.24, 2.45) is 0 Å². The molecule has 84 valence electrons. The molecule has 0 radical (unpaired) electrons. The summed E-state index contributed by atoms with van der Waals surface area (Å²) in [5.41, 5.74) is 2.78. The Hall–Kier alpha value is -1.12. The van der Waals surface area contributed by atoms with Crippen LogP contribution in [0.2, 0.25) is 0 Å². The van der Waals surface area contributed by atoms with Crippen LogP contribution in [0.3, 0.4) is 0 Å². The lowest BCUT2D eigenvalue weighted by atomic mass is 10.2. The van der Waals surface area contributed by atoms with Gasteiger partial charge in [-0.1, -0.05) is 30.3 Å². The minimum Gasteiger partial charge on any atom is -0.297 e. The molecule has 0 aliphatic rings. The topological polar surface area (TPSA) is 3.24 Å². The molecule has 1 heterocycles. The fraction of sp³-hybridized carbons (Fsp3) is 0.286. The van der Waals surface area contributed by atoms with E-state index in [-0.39, 0.29) is 0 Å². The van der Waals surface area contributed by atoms with Crippen molar-refractivity contribution in [1.29, 1.82) is 0 Å². The molecule has 0 saturated heterocycles. The molecule has 0 amide bonds. The van der Waals surface area contributed by atoms with Crippen molar-refractivity contribution < 1.29 is 0 Å². The van der Waals surface area contributed by atoms with Crippen LogP contribution in [-0.2, 0) is 13.1 Å². The van der Waals surface area contributed by atoms with E-state index in [4.69, 9.17) is 0 Å². The van der Waals surface area contributed by atoms with Crippen molar-refractivity contribution in [3.05, 3.63) is 57.8 Å². The van der Waals surface area contributed by atoms with Gasteiger partial charge in [0.05, 0.1) is 0 Å². The van der Waals surface area contributed by atoms with E-state index in [1.54, 1.807) is 0 Å². The van der Waals surface area contributed by atoms with Crippen molar-refractivity contribution in [1.82, 2.24) is 4.90 Å². The largest absolute Gasteiger partial charge is 0.297 e. The maximum atomic E-state index is 2.36. The SMILES string of the molecule is Cc1ccsc1CN(C)Cc1ccccc1. The minimum absolute atomic E-state index is 1.01. The molecule has 2 rings (SSSR count). The third-order valence-corrected chi connectivity index (χ3v) is 3.68. The second-order valence-electron chi connectivity index (χ2n) is 4.18. The van der Waals surface area contributed by atoms with Gasteiger partial charge < -0.3 is 0 Å². The predicted octanol–water partition coefficient (Wildman–Crippen LogP) is 3.69. The van der Waals surface area contributed by atoms with Crippen molar-refractivity contribution >= 4 is 11.3 Å². The molecule has 0 bridgehead atoms. The molecular formula is C14H17NS. The zero-order valence-electron chi connectivity index (χ0n) is 9.81. The van der Waals surface area contributed by atoms with Gasteiger partial charge >= 0.3 is 0 Å². The van der Waals surface area contributed by atoms with Gasteiger partial charge in [0, 0.05) is 18.0 Å². The summed E-state index contributed by atoms with van der Waals surface area (Å²) < 4.78 is 0. The molecule has 2 aromatic rings. The molecule has 0 aliphatic carbocycles. The maximum absolute atomic E-state index is 2.36. The number of benzene rings is 1. The van der Waals surface area contributed by atoms with Gasteiger partial charge in [0.2, 0.25) is 0 Å². The van der Waals surface area contributed by atoms with E-state index in [0.717, 1.165) is 13.1 Å². The molecule has 0 saturated carbocycles. The highest BCUT2D eigenvalue weighted by molar-refractivity contribution is 7.10. The van der Waals surface area contributed by atoms with Gasteiger partial charge in [0.25, 0.3) is 0 Å². The second-order valence-corrected chi connectivity index (χ2v) is 5.19. The molecule has 0 N–H and O–H groups in total. The summed E-state index contributed by atoms with van der Waals surface area (Å²) in [5.74, 6) is 0. The number of nitrogens with zero attached hydrogens (tertiary/aromatic N) is 1. The highest BCUT2D eigenvalue weighted by Gasteiger charge is 2.04. The fourth-order valence-corrected chi connectivity index (χ4v) is 2.75. The van der Waals surface area contributed by atoms with Crippen molar-refractivity contribution in [2.45, 2.75) is 20.0 Å². The van der Waals surface area contributed by atoms with Gasteiger partial charge in [0.1, 0.15) is 0 Å². The van der Waals surface area contributed by atoms with E-state index in [0.29, 0.717) is 0 Å². The molecular weight excluding hydrogens is 214 g/mol. The number of hydrogen-bond donors (Lipinski definition) is 0. The van der Waals surface area contributed by atoms with Crippen LogP contribution in [0.4, 0.5) is 0 Å². The quantitative estimate of drug-likeness (QED) is 0.775. The summed E-state index contributed by atoms with van der Waals surface area (Å²) >= 11 is 1.85. The van der Waals surface area contributed by atoms with Crippen LogP contribution in [0.25, 0.3) is 0 Å². The molecule has 1 aromatic carbocycles. The molecule has 0 fully saturated rings. The summed E-state index contributed by atoms with van der Waals surface area (Å²) in [6.07, 6.45) is 0. The van der Waals surface area contributed by atoms with Crippen LogP contribution in [0.1, 0.15) is 16.0 Å². The summed E-state index contributed by atoms with van der Waals surface area (Å²) in [6.45, 7) is 4.23. The number of rotatable bonds is 4. The smallest absolute Gasteiger partial charge is 0.0331 e. The van der Waals surface area contributed by atoms with E-state index in [1.807, 2.05) is 11.3 Å². The lowest BCUT2D eigenvalue weighted by Crippen LogP contribution is -2.16. The first-order valence-electron chi connectivity index (χ1n) is 5.51. The number of hydrogen-bond acceptors (Lipinski definition) is 2. The lowest BCUT2D eigenvalue weighted by molar-refractivity contribution is 0.321. The Bertz CT molecular complexity index is 433. The molecule has 1 nitrogen and oxygen atoms in total. The Morgan fingerprint density at radius 1 is 1.06 bits per heavy atom. The van der Waals surface area contributed by atoms with E-state index in [9.17, 15) is 0 Å². The van der Waals surface area contributed by atoms with E-state index in [2.05, 4.69) is 60.6 Å². The number of aryl methyl sites for hydroxylation is 1. The van der Waals surface area contributed by atoms with Crippen LogP contribution < -0.4 is 0 Å². The van der Waals surface area contributed by atoms with Crippen molar-refractivity contribution in [3.63, 3.8) is 0 Å². The molecule has 0 spiro atoms. The maximum Gasteiger partial charge on any atom is 0.0331 e. The summed E-state index contributed by atoms with van der Waals surface area (Å²) in [4.78, 5) is 3.83. The Morgan fingerprint density at radius 2 is 1.81 bits per heavy atom. The van der Waals surface area contributed by atoms with Gasteiger partial charge in [0.15, 0.2) is 0 Å². The molecule has 2 heteroatoms. The summed E-state index contributed by atoms with van der Waals surface area (Å²) in [6, 6.07) is 12.8. The normalized spacial score (nSPS) is 10.9. The fourth-order valence-electron chi connectivity index (χ4n) is 1.76. The monoisotopic (exact) mass is 231 g/mol. The van der Waals surface area contributed by atoms with Crippen molar-refractivity contribution in [3.8, 4) is 0 Å². The van der Waals surface area contributed by atoms with E-state index in [1.165, 1.54) is 16.0 Å². The van der Waals surface area contributed by atoms with Gasteiger partial charge in [-0.3, -0.25) is 4.90 Å². The number of thiophene rings is 1. The van der Waals surface area contributed by atoms with Crippen LogP contribution in [-0.4, -0.2) is 11.9 Å². The van der Waals surface area contributed by atoms with Gasteiger partial charge in [-0.05, 0) is 36.5 Å². The standard InChI is InChI=1S/C14H17NS/c1-12-8-9-16-14(12)11-15(2)10-13-6-4-3-5-7-13/h3-9H,10-11H2,1-2H3. The Morgan fingerprint density at radius 3 is 2.44 bits per heavy atom. The average Bonchev–Trinajstić information content (AvgIpc) is 2.66. The van der Waals surface area contributed by atoms with Gasteiger partial charge in [-0.25, -0.2) is 0 Å². The second kappa shape index (κ2) is 5.28. The highest BCUT2D eigenvalue weighted by atomic mass is 32.1. The van der Waals surface area contributed by atoms with Crippen LogP contribution in [0.15, 0.2) is 41.8 Å². The van der Waals surface area contributed by atoms with Crippen molar-refractivity contribution in [2.75, 3.05) is 7.05 Å². The molecule has 0 atom stereocenters.